The molecule has 0 bridgehead atoms. The van der Waals surface area contributed by atoms with Crippen molar-refractivity contribution in [3.05, 3.63) is 95.8 Å². The molecule has 3 nitrogen and oxygen atoms in total. The van der Waals surface area contributed by atoms with Crippen molar-refractivity contribution >= 4 is 17.1 Å². The number of halogens is 1. The SMILES string of the molecule is CN=C(C(=Nc1ccc(OC)cc1)c1ccccc1)c1ccc(F)cc1. The fourth-order valence-electron chi connectivity index (χ4n) is 2.62. The maximum Gasteiger partial charge on any atom is 0.123 e. The lowest BCUT2D eigenvalue weighted by molar-refractivity contribution is 0.415. The highest BCUT2D eigenvalue weighted by Crippen LogP contribution is 2.21. The zero-order chi connectivity index (χ0) is 18.4. The van der Waals surface area contributed by atoms with Gasteiger partial charge in [-0.15, -0.1) is 0 Å². The number of hydrogen-bond donors (Lipinski definition) is 0. The molecule has 4 heteroatoms. The second-order valence-electron chi connectivity index (χ2n) is 5.60. The van der Waals surface area contributed by atoms with E-state index in [-0.39, 0.29) is 5.82 Å². The molecule has 0 aliphatic carbocycles. The van der Waals surface area contributed by atoms with Crippen LogP contribution < -0.4 is 4.74 Å². The summed E-state index contributed by atoms with van der Waals surface area (Å²) in [5.41, 5.74) is 3.96. The summed E-state index contributed by atoms with van der Waals surface area (Å²) in [5.74, 6) is 0.491. The molecule has 130 valence electrons. The topological polar surface area (TPSA) is 34.0 Å². The Morgan fingerprint density at radius 2 is 1.38 bits per heavy atom. The summed E-state index contributed by atoms with van der Waals surface area (Å²) >= 11 is 0. The summed E-state index contributed by atoms with van der Waals surface area (Å²) in [7, 11) is 3.34. The van der Waals surface area contributed by atoms with Crippen molar-refractivity contribution in [3.63, 3.8) is 0 Å². The van der Waals surface area contributed by atoms with Crippen LogP contribution in [0.25, 0.3) is 0 Å². The van der Waals surface area contributed by atoms with Crippen LogP contribution in [0.3, 0.4) is 0 Å². The van der Waals surface area contributed by atoms with E-state index < -0.39 is 0 Å². The number of hydrogen-bond acceptors (Lipinski definition) is 3. The molecule has 0 unspecified atom stereocenters. The molecule has 0 N–H and O–H groups in total. The average Bonchev–Trinajstić information content (AvgIpc) is 2.70. The van der Waals surface area contributed by atoms with Crippen LogP contribution in [0.2, 0.25) is 0 Å². The van der Waals surface area contributed by atoms with Crippen molar-refractivity contribution in [1.82, 2.24) is 0 Å². The monoisotopic (exact) mass is 346 g/mol. The van der Waals surface area contributed by atoms with Crippen molar-refractivity contribution in [2.75, 3.05) is 14.2 Å². The summed E-state index contributed by atoms with van der Waals surface area (Å²) in [6, 6.07) is 23.6. The number of methoxy groups -OCH3 is 1. The molecule has 26 heavy (non-hydrogen) atoms. The van der Waals surface area contributed by atoms with E-state index in [1.807, 2.05) is 54.6 Å². The van der Waals surface area contributed by atoms with Gasteiger partial charge in [0.25, 0.3) is 0 Å². The fourth-order valence-corrected chi connectivity index (χ4v) is 2.62. The maximum absolute atomic E-state index is 13.3. The van der Waals surface area contributed by atoms with Gasteiger partial charge >= 0.3 is 0 Å². The predicted molar refractivity (Wildman–Crippen MR) is 104 cm³/mol. The molecule has 3 aromatic rings. The van der Waals surface area contributed by atoms with Crippen LogP contribution in [0.15, 0.2) is 88.8 Å². The normalized spacial score (nSPS) is 12.1. The van der Waals surface area contributed by atoms with E-state index in [0.29, 0.717) is 5.71 Å². The number of benzene rings is 3. The first kappa shape index (κ1) is 17.5. The number of rotatable bonds is 5. The average molecular weight is 346 g/mol. The van der Waals surface area contributed by atoms with Crippen molar-refractivity contribution in [2.24, 2.45) is 9.98 Å². The smallest absolute Gasteiger partial charge is 0.123 e. The Balaban J connectivity index is 2.10. The highest BCUT2D eigenvalue weighted by Gasteiger charge is 2.14. The first-order valence-electron chi connectivity index (χ1n) is 8.22. The van der Waals surface area contributed by atoms with Gasteiger partial charge in [-0.05, 0) is 48.5 Å². The quantitative estimate of drug-likeness (QED) is 0.594. The van der Waals surface area contributed by atoms with Crippen LogP contribution >= 0.6 is 0 Å². The second-order valence-corrected chi connectivity index (χ2v) is 5.60. The van der Waals surface area contributed by atoms with Crippen LogP contribution in [-0.4, -0.2) is 25.6 Å². The van der Waals surface area contributed by atoms with Crippen molar-refractivity contribution < 1.29 is 9.13 Å². The van der Waals surface area contributed by atoms with Crippen molar-refractivity contribution in [1.29, 1.82) is 0 Å². The lowest BCUT2D eigenvalue weighted by Gasteiger charge is -2.11. The van der Waals surface area contributed by atoms with Crippen molar-refractivity contribution in [3.8, 4) is 5.75 Å². The molecular formula is C22H19FN2O. The van der Waals surface area contributed by atoms with E-state index in [9.17, 15) is 4.39 Å². The van der Waals surface area contributed by atoms with Crippen LogP contribution in [0, 0.1) is 5.82 Å². The van der Waals surface area contributed by atoms with Crippen LogP contribution in [0.4, 0.5) is 10.1 Å². The minimum atomic E-state index is -0.280. The summed E-state index contributed by atoms with van der Waals surface area (Å²) in [4.78, 5) is 9.24. The third-order valence-electron chi connectivity index (χ3n) is 3.93. The minimum absolute atomic E-state index is 0.280. The molecule has 0 heterocycles. The first-order chi connectivity index (χ1) is 12.7. The van der Waals surface area contributed by atoms with Gasteiger partial charge < -0.3 is 4.74 Å². The zero-order valence-corrected chi connectivity index (χ0v) is 14.7. The van der Waals surface area contributed by atoms with Gasteiger partial charge in [-0.3, -0.25) is 4.99 Å². The zero-order valence-electron chi connectivity index (χ0n) is 14.7. The molecule has 0 aromatic heterocycles. The molecule has 0 atom stereocenters. The molecular weight excluding hydrogens is 327 g/mol. The molecule has 0 spiro atoms. The highest BCUT2D eigenvalue weighted by atomic mass is 19.1. The lowest BCUT2D eigenvalue weighted by atomic mass is 9.99. The third kappa shape index (κ3) is 4.03. The van der Waals surface area contributed by atoms with Gasteiger partial charge in [0.1, 0.15) is 11.6 Å². The predicted octanol–water partition coefficient (Wildman–Crippen LogP) is 5.07. The van der Waals surface area contributed by atoms with Gasteiger partial charge in [-0.2, -0.15) is 0 Å². The van der Waals surface area contributed by atoms with E-state index in [0.717, 1.165) is 28.3 Å². The molecule has 0 amide bonds. The van der Waals surface area contributed by atoms with Gasteiger partial charge in [-0.1, -0.05) is 30.3 Å². The van der Waals surface area contributed by atoms with Crippen LogP contribution in [0.1, 0.15) is 11.1 Å². The summed E-state index contributed by atoms with van der Waals surface area (Å²) < 4.78 is 18.5. The number of nitrogens with zero attached hydrogens (tertiary/aromatic N) is 2. The Labute approximate surface area is 152 Å². The Kier molecular flexibility index (Phi) is 5.54. The standard InChI is InChI=1S/C22H19FN2O/c1-24-21(17-8-10-18(23)11-9-17)22(16-6-4-3-5-7-16)25-19-12-14-20(26-2)15-13-19/h3-15H,1-2H3. The Bertz CT molecular complexity index is 915. The maximum atomic E-state index is 13.3. The van der Waals surface area contributed by atoms with Crippen LogP contribution in [-0.2, 0) is 0 Å². The summed E-state index contributed by atoms with van der Waals surface area (Å²) in [5, 5.41) is 0. The molecule has 0 saturated carbocycles. The molecule has 3 aromatic carbocycles. The second kappa shape index (κ2) is 8.21. The number of aliphatic imine (C=N–C) groups is 2. The lowest BCUT2D eigenvalue weighted by Crippen LogP contribution is -2.17. The number of ether oxygens (including phenoxy) is 1. The van der Waals surface area contributed by atoms with E-state index in [1.54, 1.807) is 26.3 Å². The molecule has 0 aliphatic heterocycles. The van der Waals surface area contributed by atoms with Gasteiger partial charge in [0.05, 0.1) is 24.2 Å². The summed E-state index contributed by atoms with van der Waals surface area (Å²) in [6.45, 7) is 0. The van der Waals surface area contributed by atoms with Crippen molar-refractivity contribution in [2.45, 2.75) is 0 Å². The molecule has 0 aliphatic rings. The van der Waals surface area contributed by atoms with Gasteiger partial charge in [0, 0.05) is 18.2 Å². The molecule has 0 saturated heterocycles. The third-order valence-corrected chi connectivity index (χ3v) is 3.93. The molecule has 3 rings (SSSR count). The summed E-state index contributed by atoms with van der Waals surface area (Å²) in [6.07, 6.45) is 0. The van der Waals surface area contributed by atoms with Gasteiger partial charge in [0.15, 0.2) is 0 Å². The molecule has 0 fully saturated rings. The minimum Gasteiger partial charge on any atom is -0.497 e. The largest absolute Gasteiger partial charge is 0.497 e. The van der Waals surface area contributed by atoms with E-state index >= 15 is 0 Å². The fraction of sp³-hybridized carbons (Fsp3) is 0.0909. The van der Waals surface area contributed by atoms with E-state index in [2.05, 4.69) is 4.99 Å². The van der Waals surface area contributed by atoms with Gasteiger partial charge in [0.2, 0.25) is 0 Å². The Morgan fingerprint density at radius 1 is 0.769 bits per heavy atom. The highest BCUT2D eigenvalue weighted by molar-refractivity contribution is 6.53. The van der Waals surface area contributed by atoms with Crippen LogP contribution in [0.5, 0.6) is 5.75 Å². The van der Waals surface area contributed by atoms with Gasteiger partial charge in [-0.25, -0.2) is 9.38 Å². The first-order valence-corrected chi connectivity index (χ1v) is 8.22. The Morgan fingerprint density at radius 3 is 1.96 bits per heavy atom. The van der Waals surface area contributed by atoms with E-state index in [1.165, 1.54) is 12.1 Å². The molecule has 0 radical (unpaired) electrons. The van der Waals surface area contributed by atoms with E-state index in [4.69, 9.17) is 9.73 Å². The Hall–Kier alpha value is -3.27.